The highest BCUT2D eigenvalue weighted by Gasteiger charge is 2.04. The number of aryl methyl sites for hydroxylation is 1. The molecule has 0 aromatic carbocycles. The van der Waals surface area contributed by atoms with Crippen molar-refractivity contribution in [3.63, 3.8) is 0 Å². The third kappa shape index (κ3) is 4.03. The Bertz CT molecular complexity index is 337. The second-order valence-electron chi connectivity index (χ2n) is 3.71. The van der Waals surface area contributed by atoms with Crippen molar-refractivity contribution in [3.05, 3.63) is 36.2 Å². The molecule has 0 aliphatic heterocycles. The van der Waals surface area contributed by atoms with Crippen molar-refractivity contribution in [2.45, 2.75) is 26.3 Å². The Morgan fingerprint density at radius 3 is 3.00 bits per heavy atom. The van der Waals surface area contributed by atoms with Crippen molar-refractivity contribution in [2.75, 3.05) is 13.7 Å². The lowest BCUT2D eigenvalue weighted by molar-refractivity contribution is 0.306. The van der Waals surface area contributed by atoms with E-state index in [1.807, 2.05) is 32.2 Å². The van der Waals surface area contributed by atoms with Crippen LogP contribution >= 0.6 is 0 Å². The fourth-order valence-corrected chi connectivity index (χ4v) is 1.43. The molecule has 0 unspecified atom stereocenters. The zero-order valence-electron chi connectivity index (χ0n) is 10.1. The average molecular weight is 220 g/mol. The number of allylic oxidation sites excluding steroid dienone is 1. The monoisotopic (exact) mass is 220 g/mol. The highest BCUT2D eigenvalue weighted by Crippen LogP contribution is 2.17. The molecule has 0 atom stereocenters. The predicted molar refractivity (Wildman–Crippen MR) is 66.7 cm³/mol. The number of pyridine rings is 1. The second-order valence-corrected chi connectivity index (χ2v) is 3.71. The third-order valence-corrected chi connectivity index (χ3v) is 2.23. The molecule has 0 saturated carbocycles. The molecule has 0 saturated heterocycles. The molecule has 1 N–H and O–H groups in total. The van der Waals surface area contributed by atoms with Crippen LogP contribution in [0.1, 0.15) is 24.2 Å². The fourth-order valence-electron chi connectivity index (χ4n) is 1.43. The number of nitrogens with zero attached hydrogens (tertiary/aromatic N) is 1. The lowest BCUT2D eigenvalue weighted by Gasteiger charge is -2.10. The summed E-state index contributed by atoms with van der Waals surface area (Å²) in [6.07, 6.45) is 3.89. The molecule has 0 bridgehead atoms. The van der Waals surface area contributed by atoms with E-state index < -0.39 is 0 Å². The molecule has 0 fully saturated rings. The normalized spacial score (nSPS) is 10.1. The number of rotatable bonds is 7. The number of unbranched alkanes of at least 4 members (excludes halogenated alkanes) is 1. The molecule has 1 heterocycles. The lowest BCUT2D eigenvalue weighted by atomic mass is 10.2. The van der Waals surface area contributed by atoms with Crippen LogP contribution in [-0.4, -0.2) is 18.6 Å². The minimum Gasteiger partial charge on any atom is -0.492 e. The van der Waals surface area contributed by atoms with Gasteiger partial charge in [-0.25, -0.2) is 0 Å². The molecule has 0 amide bonds. The Morgan fingerprint density at radius 2 is 2.31 bits per heavy atom. The van der Waals surface area contributed by atoms with E-state index in [0.717, 1.165) is 36.5 Å². The van der Waals surface area contributed by atoms with Crippen LogP contribution in [0.5, 0.6) is 5.75 Å². The van der Waals surface area contributed by atoms with Crippen molar-refractivity contribution < 1.29 is 4.74 Å². The first-order chi connectivity index (χ1) is 7.77. The number of aromatic nitrogens is 1. The van der Waals surface area contributed by atoms with Crippen LogP contribution in [0.4, 0.5) is 0 Å². The van der Waals surface area contributed by atoms with Crippen molar-refractivity contribution in [2.24, 2.45) is 0 Å². The maximum Gasteiger partial charge on any atom is 0.142 e. The molecule has 1 aromatic heterocycles. The van der Waals surface area contributed by atoms with Gasteiger partial charge in [-0.1, -0.05) is 6.08 Å². The van der Waals surface area contributed by atoms with Crippen LogP contribution in [0.15, 0.2) is 24.8 Å². The minimum absolute atomic E-state index is 0.716. The summed E-state index contributed by atoms with van der Waals surface area (Å²) in [6.45, 7) is 7.12. The van der Waals surface area contributed by atoms with Gasteiger partial charge in [0.2, 0.25) is 0 Å². The van der Waals surface area contributed by atoms with Gasteiger partial charge < -0.3 is 10.1 Å². The highest BCUT2D eigenvalue weighted by atomic mass is 16.5. The van der Waals surface area contributed by atoms with Crippen molar-refractivity contribution in [1.29, 1.82) is 0 Å². The van der Waals surface area contributed by atoms with E-state index in [9.17, 15) is 0 Å². The summed E-state index contributed by atoms with van der Waals surface area (Å²) in [6, 6.07) is 3.96. The van der Waals surface area contributed by atoms with Crippen LogP contribution in [0, 0.1) is 6.92 Å². The highest BCUT2D eigenvalue weighted by molar-refractivity contribution is 5.29. The average Bonchev–Trinajstić information content (AvgIpc) is 2.27. The summed E-state index contributed by atoms with van der Waals surface area (Å²) in [5.41, 5.74) is 1.99. The van der Waals surface area contributed by atoms with Gasteiger partial charge >= 0.3 is 0 Å². The zero-order valence-corrected chi connectivity index (χ0v) is 10.1. The molecular weight excluding hydrogens is 200 g/mol. The quantitative estimate of drug-likeness (QED) is 0.566. The van der Waals surface area contributed by atoms with E-state index >= 15 is 0 Å². The Morgan fingerprint density at radius 1 is 1.50 bits per heavy atom. The summed E-state index contributed by atoms with van der Waals surface area (Å²) in [5.74, 6) is 0.879. The first-order valence-corrected chi connectivity index (χ1v) is 5.62. The van der Waals surface area contributed by atoms with E-state index in [1.165, 1.54) is 0 Å². The molecule has 0 aliphatic carbocycles. The number of ether oxygens (including phenoxy) is 1. The predicted octanol–water partition coefficient (Wildman–Crippen LogP) is 2.45. The van der Waals surface area contributed by atoms with E-state index in [0.29, 0.717) is 6.61 Å². The van der Waals surface area contributed by atoms with E-state index in [1.54, 1.807) is 0 Å². The van der Waals surface area contributed by atoms with E-state index in [4.69, 9.17) is 4.74 Å². The second kappa shape index (κ2) is 7.01. The van der Waals surface area contributed by atoms with Gasteiger partial charge in [-0.3, -0.25) is 4.98 Å². The fraction of sp³-hybridized carbons (Fsp3) is 0.462. The molecule has 16 heavy (non-hydrogen) atoms. The maximum absolute atomic E-state index is 5.70. The number of nitrogens with one attached hydrogen (secondary N) is 1. The minimum atomic E-state index is 0.716. The molecule has 88 valence electrons. The summed E-state index contributed by atoms with van der Waals surface area (Å²) in [7, 11) is 1.91. The van der Waals surface area contributed by atoms with E-state index in [-0.39, 0.29) is 0 Å². The summed E-state index contributed by atoms with van der Waals surface area (Å²) in [5, 5.41) is 3.09. The van der Waals surface area contributed by atoms with Crippen LogP contribution in [0.3, 0.4) is 0 Å². The largest absolute Gasteiger partial charge is 0.492 e. The van der Waals surface area contributed by atoms with Crippen molar-refractivity contribution in [1.82, 2.24) is 10.3 Å². The van der Waals surface area contributed by atoms with Crippen molar-refractivity contribution >= 4 is 0 Å². The smallest absolute Gasteiger partial charge is 0.142 e. The topological polar surface area (TPSA) is 34.1 Å². The molecule has 3 nitrogen and oxygen atoms in total. The Labute approximate surface area is 97.5 Å². The molecule has 0 spiro atoms. The summed E-state index contributed by atoms with van der Waals surface area (Å²) < 4.78 is 5.70. The molecule has 0 radical (unpaired) electrons. The number of hydrogen-bond acceptors (Lipinski definition) is 3. The van der Waals surface area contributed by atoms with Crippen LogP contribution in [0.25, 0.3) is 0 Å². The standard InChI is InChI=1S/C13H20N2O/c1-4-5-6-9-16-13-8-7-11(2)15-12(13)10-14-3/h4,7-8,14H,1,5-6,9-10H2,2-3H3. The van der Waals surface area contributed by atoms with Crippen LogP contribution in [0.2, 0.25) is 0 Å². The van der Waals surface area contributed by atoms with Gasteiger partial charge in [-0.05, 0) is 38.9 Å². The van der Waals surface area contributed by atoms with Crippen molar-refractivity contribution in [3.8, 4) is 5.75 Å². The van der Waals surface area contributed by atoms with Gasteiger partial charge in [-0.2, -0.15) is 0 Å². The molecule has 1 aromatic rings. The Hall–Kier alpha value is -1.35. The first-order valence-electron chi connectivity index (χ1n) is 5.62. The van der Waals surface area contributed by atoms with Gasteiger partial charge in [0.25, 0.3) is 0 Å². The lowest BCUT2D eigenvalue weighted by Crippen LogP contribution is -2.10. The van der Waals surface area contributed by atoms with Gasteiger partial charge in [0, 0.05) is 12.2 Å². The third-order valence-electron chi connectivity index (χ3n) is 2.23. The van der Waals surface area contributed by atoms with Gasteiger partial charge in [0.15, 0.2) is 0 Å². The summed E-state index contributed by atoms with van der Waals surface area (Å²) >= 11 is 0. The zero-order chi connectivity index (χ0) is 11.8. The van der Waals surface area contributed by atoms with Gasteiger partial charge in [0.05, 0.1) is 12.3 Å². The Kier molecular flexibility index (Phi) is 5.57. The van der Waals surface area contributed by atoms with E-state index in [2.05, 4.69) is 16.9 Å². The number of hydrogen-bond donors (Lipinski definition) is 1. The molecule has 0 aliphatic rings. The first kappa shape index (κ1) is 12.7. The summed E-state index contributed by atoms with van der Waals surface area (Å²) in [4.78, 5) is 4.45. The Balaban J connectivity index is 2.59. The van der Waals surface area contributed by atoms with Crippen LogP contribution < -0.4 is 10.1 Å². The molecule has 1 rings (SSSR count). The maximum atomic E-state index is 5.70. The molecule has 3 heteroatoms. The van der Waals surface area contributed by atoms with Crippen LogP contribution in [-0.2, 0) is 6.54 Å². The molecular formula is C13H20N2O. The SMILES string of the molecule is C=CCCCOc1ccc(C)nc1CNC. The van der Waals surface area contributed by atoms with Gasteiger partial charge in [0.1, 0.15) is 5.75 Å². The van der Waals surface area contributed by atoms with Gasteiger partial charge in [-0.15, -0.1) is 6.58 Å².